The summed E-state index contributed by atoms with van der Waals surface area (Å²) in [5, 5.41) is 0. The Morgan fingerprint density at radius 1 is 1.31 bits per heavy atom. The van der Waals surface area contributed by atoms with Crippen molar-refractivity contribution in [2.75, 3.05) is 0 Å². The molecule has 0 saturated carbocycles. The predicted octanol–water partition coefficient (Wildman–Crippen LogP) is 1.12. The summed E-state index contributed by atoms with van der Waals surface area (Å²) in [6.45, 7) is 1.43. The zero-order valence-electron chi connectivity index (χ0n) is 8.92. The molecule has 0 bridgehead atoms. The lowest BCUT2D eigenvalue weighted by Crippen LogP contribution is -2.29. The maximum Gasteiger partial charge on any atom is 0.331 e. The Morgan fingerprint density at radius 2 is 1.94 bits per heavy atom. The van der Waals surface area contributed by atoms with Crippen LogP contribution in [0.25, 0.3) is 6.08 Å². The molecule has 0 unspecified atom stereocenters. The van der Waals surface area contributed by atoms with Crippen LogP contribution < -0.4 is 5.73 Å². The molecule has 84 valence electrons. The Balaban J connectivity index is 2.52. The Bertz CT molecular complexity index is 398. The Morgan fingerprint density at radius 3 is 2.50 bits per heavy atom. The molecule has 2 N–H and O–H groups in total. The molecule has 0 aliphatic carbocycles. The number of hydrogen-bond donors (Lipinski definition) is 1. The summed E-state index contributed by atoms with van der Waals surface area (Å²) in [4.78, 5) is 21.8. The number of ether oxygens (including phenoxy) is 1. The summed E-state index contributed by atoms with van der Waals surface area (Å²) >= 11 is 0. The monoisotopic (exact) mass is 219 g/mol. The van der Waals surface area contributed by atoms with Crippen LogP contribution in [-0.4, -0.2) is 18.0 Å². The maximum atomic E-state index is 11.2. The minimum absolute atomic E-state index is 0.588. The van der Waals surface area contributed by atoms with E-state index in [9.17, 15) is 9.59 Å². The van der Waals surface area contributed by atoms with Crippen LogP contribution in [0.5, 0.6) is 0 Å². The molecular weight excluding hydrogens is 206 g/mol. The highest BCUT2D eigenvalue weighted by Gasteiger charge is 2.11. The predicted molar refractivity (Wildman–Crippen MR) is 60.2 cm³/mol. The molecule has 16 heavy (non-hydrogen) atoms. The van der Waals surface area contributed by atoms with Crippen molar-refractivity contribution in [2.24, 2.45) is 5.73 Å². The molecule has 0 saturated heterocycles. The van der Waals surface area contributed by atoms with Crippen molar-refractivity contribution in [2.45, 2.75) is 13.0 Å². The Labute approximate surface area is 93.7 Å². The maximum absolute atomic E-state index is 11.2. The van der Waals surface area contributed by atoms with Crippen molar-refractivity contribution in [3.05, 3.63) is 42.0 Å². The van der Waals surface area contributed by atoms with Crippen LogP contribution in [0.3, 0.4) is 0 Å². The van der Waals surface area contributed by atoms with Gasteiger partial charge in [0.05, 0.1) is 0 Å². The quantitative estimate of drug-likeness (QED) is 0.609. The number of rotatable bonds is 4. The first-order valence-corrected chi connectivity index (χ1v) is 4.82. The van der Waals surface area contributed by atoms with Crippen LogP contribution >= 0.6 is 0 Å². The lowest BCUT2D eigenvalue weighted by molar-refractivity contribution is -0.148. The fourth-order valence-corrected chi connectivity index (χ4v) is 1.00. The number of carbonyl (C=O) groups excluding carboxylic acids is 2. The standard InChI is InChI=1S/C12H13NO3/c1-9(12(13)15)16-11(14)8-7-10-5-3-2-4-6-10/h2-9H,1H3,(H2,13,15)/b8-7+/t9-/m0/s1. The highest BCUT2D eigenvalue weighted by atomic mass is 16.5. The minimum Gasteiger partial charge on any atom is -0.449 e. The molecule has 4 heteroatoms. The van der Waals surface area contributed by atoms with Gasteiger partial charge in [-0.15, -0.1) is 0 Å². The second kappa shape index (κ2) is 5.70. The van der Waals surface area contributed by atoms with E-state index in [2.05, 4.69) is 0 Å². The molecule has 0 radical (unpaired) electrons. The number of hydrogen-bond acceptors (Lipinski definition) is 3. The van der Waals surface area contributed by atoms with Gasteiger partial charge in [0.15, 0.2) is 6.10 Å². The highest BCUT2D eigenvalue weighted by molar-refractivity contribution is 5.89. The molecule has 0 fully saturated rings. The second-order valence-corrected chi connectivity index (χ2v) is 3.23. The molecular formula is C12H13NO3. The van der Waals surface area contributed by atoms with Gasteiger partial charge in [0, 0.05) is 6.08 Å². The Kier molecular flexibility index (Phi) is 4.27. The second-order valence-electron chi connectivity index (χ2n) is 3.23. The van der Waals surface area contributed by atoms with Crippen molar-refractivity contribution in [3.63, 3.8) is 0 Å². The van der Waals surface area contributed by atoms with Crippen LogP contribution in [0.15, 0.2) is 36.4 Å². The van der Waals surface area contributed by atoms with Crippen LogP contribution in [0.1, 0.15) is 12.5 Å². The topological polar surface area (TPSA) is 69.4 Å². The van der Waals surface area contributed by atoms with Gasteiger partial charge in [0.25, 0.3) is 5.91 Å². The zero-order valence-corrected chi connectivity index (χ0v) is 8.92. The molecule has 0 spiro atoms. The van der Waals surface area contributed by atoms with Crippen molar-refractivity contribution in [3.8, 4) is 0 Å². The number of carbonyl (C=O) groups is 2. The molecule has 0 aliphatic rings. The fourth-order valence-electron chi connectivity index (χ4n) is 1.00. The summed E-state index contributed by atoms with van der Waals surface area (Å²) in [7, 11) is 0. The van der Waals surface area contributed by atoms with Gasteiger partial charge >= 0.3 is 5.97 Å². The lowest BCUT2D eigenvalue weighted by Gasteiger charge is -2.06. The van der Waals surface area contributed by atoms with Gasteiger partial charge in [0.1, 0.15) is 0 Å². The van der Waals surface area contributed by atoms with E-state index in [1.165, 1.54) is 13.0 Å². The average molecular weight is 219 g/mol. The molecule has 1 amide bonds. The van der Waals surface area contributed by atoms with Gasteiger partial charge < -0.3 is 10.5 Å². The summed E-state index contributed by atoms with van der Waals surface area (Å²) < 4.78 is 4.73. The summed E-state index contributed by atoms with van der Waals surface area (Å²) in [6.07, 6.45) is 1.96. The third-order valence-electron chi connectivity index (χ3n) is 1.91. The van der Waals surface area contributed by atoms with Gasteiger partial charge in [-0.05, 0) is 18.6 Å². The van der Waals surface area contributed by atoms with Crippen LogP contribution in [0, 0.1) is 0 Å². The number of benzene rings is 1. The SMILES string of the molecule is C[C@H](OC(=O)/C=C/c1ccccc1)C(N)=O. The van der Waals surface area contributed by atoms with E-state index in [1.54, 1.807) is 6.08 Å². The van der Waals surface area contributed by atoms with Gasteiger partial charge in [-0.25, -0.2) is 4.79 Å². The summed E-state index contributed by atoms with van der Waals surface area (Å²) in [5.41, 5.74) is 5.83. The number of amides is 1. The van der Waals surface area contributed by atoms with Crippen LogP contribution in [0.2, 0.25) is 0 Å². The summed E-state index contributed by atoms with van der Waals surface area (Å²) in [6, 6.07) is 9.29. The number of nitrogens with two attached hydrogens (primary N) is 1. The molecule has 1 aromatic rings. The molecule has 0 aromatic heterocycles. The van der Waals surface area contributed by atoms with Crippen molar-refractivity contribution in [1.29, 1.82) is 0 Å². The molecule has 4 nitrogen and oxygen atoms in total. The van der Waals surface area contributed by atoms with Gasteiger partial charge in [-0.2, -0.15) is 0 Å². The van der Waals surface area contributed by atoms with E-state index in [-0.39, 0.29) is 0 Å². The van der Waals surface area contributed by atoms with Gasteiger partial charge in [0.2, 0.25) is 0 Å². The summed E-state index contributed by atoms with van der Waals surface area (Å²) in [5.74, 6) is -1.25. The van der Waals surface area contributed by atoms with E-state index in [4.69, 9.17) is 10.5 Å². The van der Waals surface area contributed by atoms with Gasteiger partial charge in [-0.3, -0.25) is 4.79 Å². The van der Waals surface area contributed by atoms with E-state index < -0.39 is 18.0 Å². The largest absolute Gasteiger partial charge is 0.449 e. The van der Waals surface area contributed by atoms with E-state index in [1.807, 2.05) is 30.3 Å². The van der Waals surface area contributed by atoms with Crippen molar-refractivity contribution < 1.29 is 14.3 Å². The molecule has 0 aliphatic heterocycles. The van der Waals surface area contributed by atoms with Crippen molar-refractivity contribution >= 4 is 18.0 Å². The smallest absolute Gasteiger partial charge is 0.331 e. The number of primary amides is 1. The average Bonchev–Trinajstić information content (AvgIpc) is 2.27. The highest BCUT2D eigenvalue weighted by Crippen LogP contribution is 2.01. The first-order chi connectivity index (χ1) is 7.59. The molecule has 0 heterocycles. The fraction of sp³-hybridized carbons (Fsp3) is 0.167. The normalized spacial score (nSPS) is 12.3. The van der Waals surface area contributed by atoms with Crippen molar-refractivity contribution in [1.82, 2.24) is 0 Å². The van der Waals surface area contributed by atoms with Crippen LogP contribution in [0.4, 0.5) is 0 Å². The van der Waals surface area contributed by atoms with E-state index in [0.717, 1.165) is 5.56 Å². The third kappa shape index (κ3) is 3.96. The molecule has 1 rings (SSSR count). The molecule has 1 aromatic carbocycles. The van der Waals surface area contributed by atoms with Gasteiger partial charge in [-0.1, -0.05) is 30.3 Å². The van der Waals surface area contributed by atoms with E-state index >= 15 is 0 Å². The minimum atomic E-state index is -0.909. The van der Waals surface area contributed by atoms with Crippen LogP contribution in [-0.2, 0) is 14.3 Å². The lowest BCUT2D eigenvalue weighted by atomic mass is 10.2. The zero-order chi connectivity index (χ0) is 12.0. The first-order valence-electron chi connectivity index (χ1n) is 4.82. The Hall–Kier alpha value is -2.10. The number of esters is 1. The molecule has 1 atom stereocenters. The third-order valence-corrected chi connectivity index (χ3v) is 1.91. The van der Waals surface area contributed by atoms with E-state index in [0.29, 0.717) is 0 Å². The first kappa shape index (κ1) is 12.0.